The molecule has 0 amide bonds. The molecule has 1 aliphatic carbocycles. The van der Waals surface area contributed by atoms with E-state index >= 15 is 0 Å². The molecule has 1 aliphatic rings. The first-order chi connectivity index (χ1) is 6.22. The summed E-state index contributed by atoms with van der Waals surface area (Å²) in [6.45, 7) is 0. The Labute approximate surface area is 95.5 Å². The number of halogens is 1. The molecule has 84 valence electrons. The summed E-state index contributed by atoms with van der Waals surface area (Å²) in [7, 11) is 1.43. The fourth-order valence-electron chi connectivity index (χ4n) is 1.50. The van der Waals surface area contributed by atoms with Gasteiger partial charge in [0, 0.05) is 11.3 Å². The molecule has 0 atom stereocenters. The maximum absolute atomic E-state index is 10.9. The van der Waals surface area contributed by atoms with Crippen molar-refractivity contribution in [2.24, 2.45) is 5.73 Å². The number of hydrogen-bond donors (Lipinski definition) is 1. The lowest BCUT2D eigenvalue weighted by molar-refractivity contribution is -0.137. The van der Waals surface area contributed by atoms with E-state index in [9.17, 15) is 4.79 Å². The molecule has 1 fully saturated rings. The molecule has 5 heteroatoms. The molecular formula is C9H18ClNO2S. The van der Waals surface area contributed by atoms with E-state index in [0.717, 1.165) is 25.7 Å². The van der Waals surface area contributed by atoms with E-state index in [1.54, 1.807) is 11.8 Å². The maximum atomic E-state index is 10.9. The first kappa shape index (κ1) is 14.1. The molecule has 1 rings (SSSR count). The van der Waals surface area contributed by atoms with Gasteiger partial charge in [0.05, 0.1) is 12.9 Å². The minimum atomic E-state index is -0.125. The monoisotopic (exact) mass is 239 g/mol. The number of hydrogen-bond acceptors (Lipinski definition) is 4. The second kappa shape index (κ2) is 7.37. The molecule has 2 N–H and O–H groups in total. The molecule has 3 nitrogen and oxygen atoms in total. The Morgan fingerprint density at radius 2 is 2.00 bits per heavy atom. The SMILES string of the molecule is COC(=O)CSC1CCC(N)CC1.Cl. The standard InChI is InChI=1S/C9H17NO2S.ClH/c1-12-9(11)6-13-8-4-2-7(10)3-5-8;/h7-8H,2-6,10H2,1H3;1H. The van der Waals surface area contributed by atoms with Gasteiger partial charge in [-0.05, 0) is 25.7 Å². The van der Waals surface area contributed by atoms with Gasteiger partial charge in [-0.25, -0.2) is 0 Å². The number of nitrogens with two attached hydrogens (primary N) is 1. The van der Waals surface area contributed by atoms with Crippen LogP contribution in [0.25, 0.3) is 0 Å². The van der Waals surface area contributed by atoms with E-state index in [-0.39, 0.29) is 18.4 Å². The van der Waals surface area contributed by atoms with Crippen LogP contribution in [0.2, 0.25) is 0 Å². The van der Waals surface area contributed by atoms with E-state index < -0.39 is 0 Å². The molecule has 0 spiro atoms. The molecule has 0 unspecified atom stereocenters. The molecule has 0 saturated heterocycles. The van der Waals surface area contributed by atoms with E-state index in [1.165, 1.54) is 7.11 Å². The van der Waals surface area contributed by atoms with Gasteiger partial charge in [-0.2, -0.15) is 0 Å². The van der Waals surface area contributed by atoms with Crippen molar-refractivity contribution in [1.82, 2.24) is 0 Å². The Bertz CT molecular complexity index is 172. The predicted octanol–water partition coefficient (Wildman–Crippen LogP) is 1.58. The topological polar surface area (TPSA) is 52.3 Å². The molecule has 0 bridgehead atoms. The third-order valence-corrected chi connectivity index (χ3v) is 3.73. The van der Waals surface area contributed by atoms with E-state index in [0.29, 0.717) is 17.0 Å². The van der Waals surface area contributed by atoms with Gasteiger partial charge in [0.1, 0.15) is 0 Å². The number of carbonyl (C=O) groups excluding carboxylic acids is 1. The summed E-state index contributed by atoms with van der Waals surface area (Å²) in [5.41, 5.74) is 5.78. The van der Waals surface area contributed by atoms with Crippen LogP contribution < -0.4 is 5.73 Å². The minimum Gasteiger partial charge on any atom is -0.468 e. The van der Waals surface area contributed by atoms with Gasteiger partial charge in [0.25, 0.3) is 0 Å². The highest BCUT2D eigenvalue weighted by molar-refractivity contribution is 8.00. The van der Waals surface area contributed by atoms with E-state index in [1.807, 2.05) is 0 Å². The maximum Gasteiger partial charge on any atom is 0.315 e. The van der Waals surface area contributed by atoms with Crippen LogP contribution in [-0.4, -0.2) is 30.1 Å². The van der Waals surface area contributed by atoms with Crippen molar-refractivity contribution in [2.75, 3.05) is 12.9 Å². The van der Waals surface area contributed by atoms with Crippen LogP contribution in [0.5, 0.6) is 0 Å². The number of rotatable bonds is 3. The van der Waals surface area contributed by atoms with E-state index in [2.05, 4.69) is 4.74 Å². The highest BCUT2D eigenvalue weighted by atomic mass is 35.5. The summed E-state index contributed by atoms with van der Waals surface area (Å²) < 4.78 is 4.58. The van der Waals surface area contributed by atoms with Gasteiger partial charge in [0.2, 0.25) is 0 Å². The highest BCUT2D eigenvalue weighted by Gasteiger charge is 2.19. The zero-order chi connectivity index (χ0) is 9.68. The zero-order valence-electron chi connectivity index (χ0n) is 8.40. The van der Waals surface area contributed by atoms with Crippen LogP contribution >= 0.6 is 24.2 Å². The average Bonchev–Trinajstić information content (AvgIpc) is 2.16. The lowest BCUT2D eigenvalue weighted by atomic mass is 9.96. The Kier molecular flexibility index (Phi) is 7.41. The molecule has 0 heterocycles. The van der Waals surface area contributed by atoms with Gasteiger partial charge in [-0.3, -0.25) is 4.79 Å². The van der Waals surface area contributed by atoms with Gasteiger partial charge in [-0.1, -0.05) is 0 Å². The Hall–Kier alpha value is 0.0700. The van der Waals surface area contributed by atoms with Crippen LogP contribution in [0, 0.1) is 0 Å². The Morgan fingerprint density at radius 1 is 1.43 bits per heavy atom. The third-order valence-electron chi connectivity index (χ3n) is 2.38. The van der Waals surface area contributed by atoms with Crippen LogP contribution in [0.15, 0.2) is 0 Å². The molecule has 0 aromatic carbocycles. The minimum absolute atomic E-state index is 0. The van der Waals surface area contributed by atoms with Crippen LogP contribution in [0.3, 0.4) is 0 Å². The molecule has 0 aliphatic heterocycles. The van der Waals surface area contributed by atoms with Crippen molar-refractivity contribution in [2.45, 2.75) is 37.0 Å². The average molecular weight is 240 g/mol. The molecular weight excluding hydrogens is 222 g/mol. The highest BCUT2D eigenvalue weighted by Crippen LogP contribution is 2.27. The number of methoxy groups -OCH3 is 1. The third kappa shape index (κ3) is 5.08. The van der Waals surface area contributed by atoms with Crippen LogP contribution in [-0.2, 0) is 9.53 Å². The normalized spacial score (nSPS) is 26.4. The Morgan fingerprint density at radius 3 is 2.50 bits per heavy atom. The molecule has 0 aromatic rings. The van der Waals surface area contributed by atoms with Gasteiger partial charge in [0.15, 0.2) is 0 Å². The number of carbonyl (C=O) groups is 1. The van der Waals surface area contributed by atoms with Gasteiger partial charge >= 0.3 is 5.97 Å². The van der Waals surface area contributed by atoms with Crippen molar-refractivity contribution < 1.29 is 9.53 Å². The smallest absolute Gasteiger partial charge is 0.315 e. The first-order valence-corrected chi connectivity index (χ1v) is 5.71. The Balaban J connectivity index is 0.00000169. The second-order valence-corrected chi connectivity index (χ2v) is 4.71. The van der Waals surface area contributed by atoms with E-state index in [4.69, 9.17) is 5.73 Å². The van der Waals surface area contributed by atoms with Crippen LogP contribution in [0.1, 0.15) is 25.7 Å². The van der Waals surface area contributed by atoms with Crippen molar-refractivity contribution in [1.29, 1.82) is 0 Å². The van der Waals surface area contributed by atoms with Crippen LogP contribution in [0.4, 0.5) is 0 Å². The summed E-state index contributed by atoms with van der Waals surface area (Å²) in [6.07, 6.45) is 4.48. The number of ether oxygens (including phenoxy) is 1. The molecule has 14 heavy (non-hydrogen) atoms. The second-order valence-electron chi connectivity index (χ2n) is 3.42. The molecule has 1 saturated carbocycles. The largest absolute Gasteiger partial charge is 0.468 e. The van der Waals surface area contributed by atoms with Crippen molar-refractivity contribution in [3.8, 4) is 0 Å². The summed E-state index contributed by atoms with van der Waals surface area (Å²) in [6, 6.07) is 0.384. The lowest BCUT2D eigenvalue weighted by Crippen LogP contribution is -2.28. The lowest BCUT2D eigenvalue weighted by Gasteiger charge is -2.25. The first-order valence-electron chi connectivity index (χ1n) is 4.66. The summed E-state index contributed by atoms with van der Waals surface area (Å²) in [5.74, 6) is 0.357. The van der Waals surface area contributed by atoms with Gasteiger partial charge in [-0.15, -0.1) is 24.2 Å². The predicted molar refractivity (Wildman–Crippen MR) is 62.0 cm³/mol. The zero-order valence-corrected chi connectivity index (χ0v) is 10.0. The summed E-state index contributed by atoms with van der Waals surface area (Å²) in [5, 5.41) is 0.610. The fraction of sp³-hybridized carbons (Fsp3) is 0.889. The molecule has 0 aromatic heterocycles. The number of esters is 1. The summed E-state index contributed by atoms with van der Waals surface area (Å²) >= 11 is 1.70. The van der Waals surface area contributed by atoms with Crippen molar-refractivity contribution in [3.63, 3.8) is 0 Å². The molecule has 0 radical (unpaired) electrons. The number of thioether (sulfide) groups is 1. The quantitative estimate of drug-likeness (QED) is 0.760. The van der Waals surface area contributed by atoms with Crippen molar-refractivity contribution >= 4 is 30.1 Å². The fourth-order valence-corrected chi connectivity index (χ4v) is 2.60. The summed E-state index contributed by atoms with van der Waals surface area (Å²) in [4.78, 5) is 10.9. The van der Waals surface area contributed by atoms with Gasteiger partial charge < -0.3 is 10.5 Å². The van der Waals surface area contributed by atoms with Crippen molar-refractivity contribution in [3.05, 3.63) is 0 Å².